The van der Waals surface area contributed by atoms with Crippen LogP contribution in [0.1, 0.15) is 0 Å². The second-order valence-corrected chi connectivity index (χ2v) is 20.7. The van der Waals surface area contributed by atoms with Gasteiger partial charge >= 0.3 is 0 Å². The Kier molecular flexibility index (Phi) is 11.1. The summed E-state index contributed by atoms with van der Waals surface area (Å²) in [7, 11) is -2.79. The third-order valence-corrected chi connectivity index (χ3v) is 17.8. The lowest BCUT2D eigenvalue weighted by atomic mass is 9.90. The van der Waals surface area contributed by atoms with E-state index in [1.165, 1.54) is 76.0 Å². The van der Waals surface area contributed by atoms with E-state index in [-0.39, 0.29) is 0 Å². The van der Waals surface area contributed by atoms with Crippen molar-refractivity contribution in [2.45, 2.75) is 0 Å². The van der Waals surface area contributed by atoms with Crippen LogP contribution in [-0.2, 0) is 0 Å². The van der Waals surface area contributed by atoms with Crippen LogP contribution in [0.3, 0.4) is 0 Å². The summed E-state index contributed by atoms with van der Waals surface area (Å²) in [5.41, 5.74) is 12.9. The highest BCUT2D eigenvalue weighted by molar-refractivity contribution is 7.19. The van der Waals surface area contributed by atoms with Gasteiger partial charge in [0.2, 0.25) is 0 Å². The van der Waals surface area contributed by atoms with Gasteiger partial charge in [-0.1, -0.05) is 243 Å². The van der Waals surface area contributed by atoms with Gasteiger partial charge in [-0.05, 0) is 118 Å². The van der Waals surface area contributed by atoms with E-state index in [9.17, 15) is 0 Å². The molecule has 0 saturated heterocycles. The fraction of sp³-hybridized carbons (Fsp3) is 0. The molecule has 1 nitrogen and oxygen atoms in total. The first-order chi connectivity index (χ1) is 32.7. The van der Waals surface area contributed by atoms with E-state index in [4.69, 9.17) is 0 Å². The molecule has 0 spiro atoms. The Morgan fingerprint density at radius 2 is 0.606 bits per heavy atom. The lowest BCUT2D eigenvalue weighted by Gasteiger charge is -2.35. The number of hydrogen-bond donors (Lipinski definition) is 0. The topological polar surface area (TPSA) is 3.24 Å². The molecule has 0 aromatic heterocycles. The number of anilines is 3. The number of benzene rings is 11. The van der Waals surface area contributed by atoms with Crippen LogP contribution < -0.4 is 25.6 Å². The lowest BCUT2D eigenvalue weighted by Crippen LogP contribution is -2.74. The van der Waals surface area contributed by atoms with E-state index in [1.54, 1.807) is 0 Å². The van der Waals surface area contributed by atoms with Crippen LogP contribution >= 0.6 is 0 Å². The molecule has 11 aromatic carbocycles. The van der Waals surface area contributed by atoms with Crippen molar-refractivity contribution in [1.29, 1.82) is 0 Å². The Labute approximate surface area is 389 Å². The standard InChI is InChI=1S/C64H47NSi/c1-6-20-48(21-7-1)49-38-42-55(43-39-49)65(57-28-19-35-61(47-57)66(58-29-10-3-11-30-58,59-31-12-4-13-32-59)60-33-14-5-15-34-60)56-44-40-50(41-45-56)53-26-16-27-54(46-53)63-37-18-25-52-24-17-36-62(64(52)63)51-22-8-2-9-23-51/h1-47H. The molecule has 0 saturated carbocycles. The smallest absolute Gasteiger partial charge is 0.179 e. The molecule has 0 heterocycles. The summed E-state index contributed by atoms with van der Waals surface area (Å²) in [6.45, 7) is 0. The molecule has 2 heteroatoms. The zero-order chi connectivity index (χ0) is 44.1. The van der Waals surface area contributed by atoms with Crippen molar-refractivity contribution >= 4 is 56.7 Å². The number of rotatable bonds is 11. The Balaban J connectivity index is 1.03. The van der Waals surface area contributed by atoms with E-state index in [0.717, 1.165) is 17.1 Å². The fourth-order valence-corrected chi connectivity index (χ4v) is 14.7. The van der Waals surface area contributed by atoms with Gasteiger partial charge in [0.25, 0.3) is 0 Å². The summed E-state index contributed by atoms with van der Waals surface area (Å²) in [5, 5.41) is 7.89. The van der Waals surface area contributed by atoms with Gasteiger partial charge in [-0.3, -0.25) is 0 Å². The van der Waals surface area contributed by atoms with Gasteiger partial charge in [0, 0.05) is 17.1 Å². The molecule has 11 rings (SSSR count). The highest BCUT2D eigenvalue weighted by atomic mass is 28.3. The summed E-state index contributed by atoms with van der Waals surface area (Å²) >= 11 is 0. The highest BCUT2D eigenvalue weighted by Crippen LogP contribution is 2.40. The van der Waals surface area contributed by atoms with Crippen molar-refractivity contribution in [3.63, 3.8) is 0 Å². The fourth-order valence-electron chi connectivity index (χ4n) is 9.93. The van der Waals surface area contributed by atoms with Crippen molar-refractivity contribution in [1.82, 2.24) is 0 Å². The molecular weight excluding hydrogens is 811 g/mol. The molecular formula is C64H47NSi. The highest BCUT2D eigenvalue weighted by Gasteiger charge is 2.41. The van der Waals surface area contributed by atoms with Gasteiger partial charge in [0.1, 0.15) is 0 Å². The first kappa shape index (κ1) is 40.5. The maximum Gasteiger partial charge on any atom is 0.179 e. The Bertz CT molecular complexity index is 3270. The Morgan fingerprint density at radius 1 is 0.227 bits per heavy atom. The van der Waals surface area contributed by atoms with Crippen LogP contribution in [0.15, 0.2) is 285 Å². The molecule has 0 N–H and O–H groups in total. The van der Waals surface area contributed by atoms with Gasteiger partial charge < -0.3 is 4.90 Å². The molecule has 0 bridgehead atoms. The average Bonchev–Trinajstić information content (AvgIpc) is 3.41. The van der Waals surface area contributed by atoms with E-state index in [1.807, 2.05) is 0 Å². The van der Waals surface area contributed by atoms with Gasteiger partial charge in [-0.2, -0.15) is 0 Å². The normalized spacial score (nSPS) is 11.3. The maximum absolute atomic E-state index is 2.79. The SMILES string of the molecule is c1ccc(-c2ccc(N(c3ccc(-c4cccc(-c5cccc6cccc(-c7ccccc7)c56)c4)cc3)c3cccc([Si](c4ccccc4)(c4ccccc4)c4ccccc4)c3)cc2)cc1. The van der Waals surface area contributed by atoms with Crippen LogP contribution in [0.25, 0.3) is 55.3 Å². The average molecular weight is 858 g/mol. The second kappa shape index (κ2) is 18.1. The van der Waals surface area contributed by atoms with Crippen molar-refractivity contribution in [2.24, 2.45) is 0 Å². The minimum Gasteiger partial charge on any atom is -0.311 e. The monoisotopic (exact) mass is 857 g/mol. The summed E-state index contributed by atoms with van der Waals surface area (Å²) in [6, 6.07) is 105. The maximum atomic E-state index is 2.45. The summed E-state index contributed by atoms with van der Waals surface area (Å²) in [4.78, 5) is 2.42. The Morgan fingerprint density at radius 3 is 1.14 bits per heavy atom. The third-order valence-electron chi connectivity index (χ3n) is 13.0. The van der Waals surface area contributed by atoms with Crippen LogP contribution in [0.2, 0.25) is 0 Å². The van der Waals surface area contributed by atoms with Gasteiger partial charge in [0.05, 0.1) is 0 Å². The summed E-state index contributed by atoms with van der Waals surface area (Å²) in [6.07, 6.45) is 0. The lowest BCUT2D eigenvalue weighted by molar-refractivity contribution is 1.29. The molecule has 0 amide bonds. The number of hydrogen-bond acceptors (Lipinski definition) is 1. The van der Waals surface area contributed by atoms with Crippen molar-refractivity contribution < 1.29 is 0 Å². The molecule has 0 radical (unpaired) electrons. The van der Waals surface area contributed by atoms with Gasteiger partial charge in [-0.15, -0.1) is 0 Å². The number of nitrogens with zero attached hydrogens (tertiary/aromatic N) is 1. The van der Waals surface area contributed by atoms with E-state index in [0.29, 0.717) is 0 Å². The molecule has 11 aromatic rings. The molecule has 312 valence electrons. The van der Waals surface area contributed by atoms with Crippen molar-refractivity contribution in [3.8, 4) is 44.5 Å². The van der Waals surface area contributed by atoms with Crippen LogP contribution in [0, 0.1) is 0 Å². The molecule has 0 atom stereocenters. The van der Waals surface area contributed by atoms with E-state index < -0.39 is 8.07 Å². The van der Waals surface area contributed by atoms with Gasteiger partial charge in [0.15, 0.2) is 8.07 Å². The van der Waals surface area contributed by atoms with Crippen LogP contribution in [0.5, 0.6) is 0 Å². The molecule has 0 aliphatic rings. The molecule has 0 aliphatic heterocycles. The largest absolute Gasteiger partial charge is 0.311 e. The summed E-state index contributed by atoms with van der Waals surface area (Å²) < 4.78 is 0. The zero-order valence-electron chi connectivity index (χ0n) is 36.6. The Hall–Kier alpha value is -8.30. The minimum absolute atomic E-state index is 1.09. The van der Waals surface area contributed by atoms with E-state index in [2.05, 4.69) is 290 Å². The first-order valence-corrected chi connectivity index (χ1v) is 24.7. The van der Waals surface area contributed by atoms with Crippen LogP contribution in [-0.4, -0.2) is 8.07 Å². The molecule has 0 aliphatic carbocycles. The van der Waals surface area contributed by atoms with Crippen molar-refractivity contribution in [2.75, 3.05) is 4.90 Å². The molecule has 0 unspecified atom stereocenters. The van der Waals surface area contributed by atoms with Crippen LogP contribution in [0.4, 0.5) is 17.1 Å². The quantitative estimate of drug-likeness (QED) is 0.0925. The predicted octanol–water partition coefficient (Wildman–Crippen LogP) is 14.4. The minimum atomic E-state index is -2.79. The van der Waals surface area contributed by atoms with Gasteiger partial charge in [-0.25, -0.2) is 0 Å². The predicted molar refractivity (Wildman–Crippen MR) is 284 cm³/mol. The second-order valence-electron chi connectivity index (χ2n) is 16.8. The molecule has 0 fully saturated rings. The number of fused-ring (bicyclic) bond motifs is 1. The van der Waals surface area contributed by atoms with Crippen molar-refractivity contribution in [3.05, 3.63) is 285 Å². The first-order valence-electron chi connectivity index (χ1n) is 22.7. The summed E-state index contributed by atoms with van der Waals surface area (Å²) in [5.74, 6) is 0. The third kappa shape index (κ3) is 7.64. The molecule has 66 heavy (non-hydrogen) atoms. The van der Waals surface area contributed by atoms with E-state index >= 15 is 0 Å². The zero-order valence-corrected chi connectivity index (χ0v) is 37.6.